The van der Waals surface area contributed by atoms with Crippen molar-refractivity contribution in [1.82, 2.24) is 14.8 Å². The highest BCUT2D eigenvalue weighted by molar-refractivity contribution is 5.99. The number of carbonyl (C=O) groups excluding carboxylic acids is 2. The summed E-state index contributed by atoms with van der Waals surface area (Å²) in [7, 11) is 0. The minimum Gasteiger partial charge on any atom is -0.490 e. The molecule has 0 radical (unpaired) electrons. The van der Waals surface area contributed by atoms with E-state index in [1.165, 1.54) is 0 Å². The van der Waals surface area contributed by atoms with Crippen molar-refractivity contribution in [3.05, 3.63) is 84.8 Å². The zero-order chi connectivity index (χ0) is 27.8. The molecule has 0 bridgehead atoms. The lowest BCUT2D eigenvalue weighted by molar-refractivity contribution is 0.134. The molecule has 2 heterocycles. The van der Waals surface area contributed by atoms with Crippen LogP contribution in [0.25, 0.3) is 5.69 Å². The average Bonchev–Trinajstić information content (AvgIpc) is 3.33. The Morgan fingerprint density at radius 3 is 2.15 bits per heavy atom. The number of ether oxygens (including phenoxy) is 3. The maximum atomic E-state index is 12.9. The molecule has 11 heteroatoms. The number of benzene rings is 2. The molecule has 0 saturated heterocycles. The fraction of sp³-hybridized carbons (Fsp3) is 0.214. The van der Waals surface area contributed by atoms with Gasteiger partial charge in [0.1, 0.15) is 36.3 Å². The number of nitrogens with one attached hydrogen (secondary N) is 2. The second-order valence-corrected chi connectivity index (χ2v) is 9.47. The number of aromatic nitrogens is 3. The quantitative estimate of drug-likeness (QED) is 0.243. The molecule has 0 fully saturated rings. The lowest BCUT2D eigenvalue weighted by Crippen LogP contribution is -2.21. The first-order valence-corrected chi connectivity index (χ1v) is 12.2. The van der Waals surface area contributed by atoms with Crippen LogP contribution in [0.4, 0.5) is 21.1 Å². The van der Waals surface area contributed by atoms with Crippen LogP contribution in [0.2, 0.25) is 0 Å². The van der Waals surface area contributed by atoms with E-state index in [2.05, 4.69) is 20.4 Å². The summed E-state index contributed by atoms with van der Waals surface area (Å²) in [6.45, 7) is 6.36. The molecule has 39 heavy (non-hydrogen) atoms. The minimum absolute atomic E-state index is 0.0505. The van der Waals surface area contributed by atoms with E-state index in [9.17, 15) is 9.59 Å². The van der Waals surface area contributed by atoms with Crippen LogP contribution in [0.5, 0.6) is 17.2 Å². The molecule has 0 aliphatic heterocycles. The van der Waals surface area contributed by atoms with Gasteiger partial charge in [-0.25, -0.2) is 14.3 Å². The maximum Gasteiger partial charge on any atom is 0.404 e. The Hall–Kier alpha value is -5.06. The van der Waals surface area contributed by atoms with Gasteiger partial charge in [-0.2, -0.15) is 5.10 Å². The van der Waals surface area contributed by atoms with E-state index in [0.29, 0.717) is 28.8 Å². The number of carbonyl (C=O) groups is 2. The highest BCUT2D eigenvalue weighted by atomic mass is 16.6. The third-order valence-corrected chi connectivity index (χ3v) is 5.39. The number of hydrogen-bond acceptors (Lipinski definition) is 7. The van der Waals surface area contributed by atoms with E-state index in [1.54, 1.807) is 65.6 Å². The number of primary amides is 1. The fourth-order valence-electron chi connectivity index (χ4n) is 3.45. The number of nitrogens with zero attached hydrogens (tertiary/aromatic N) is 3. The molecule has 4 aromatic rings. The second-order valence-electron chi connectivity index (χ2n) is 9.47. The van der Waals surface area contributed by atoms with Crippen LogP contribution >= 0.6 is 0 Å². The molecule has 2 aromatic heterocycles. The summed E-state index contributed by atoms with van der Waals surface area (Å²) in [5.74, 6) is 2.38. The minimum atomic E-state index is -0.849. The summed E-state index contributed by atoms with van der Waals surface area (Å²) in [5, 5.41) is 10.5. The number of hydrogen-bond donors (Lipinski definition) is 3. The lowest BCUT2D eigenvalue weighted by atomic mass is 9.92. The predicted octanol–water partition coefficient (Wildman–Crippen LogP) is 5.48. The number of anilines is 2. The fourth-order valence-corrected chi connectivity index (χ4v) is 3.45. The van der Waals surface area contributed by atoms with Crippen LogP contribution in [0.15, 0.2) is 79.1 Å². The van der Waals surface area contributed by atoms with Gasteiger partial charge in [0.05, 0.1) is 11.4 Å². The summed E-state index contributed by atoms with van der Waals surface area (Å²) in [6, 6.07) is 19.1. The van der Waals surface area contributed by atoms with Crippen molar-refractivity contribution in [3.63, 3.8) is 0 Å². The van der Waals surface area contributed by atoms with Gasteiger partial charge in [0, 0.05) is 29.6 Å². The zero-order valence-electron chi connectivity index (χ0n) is 21.9. The van der Waals surface area contributed by atoms with Crippen LogP contribution in [-0.2, 0) is 10.2 Å². The van der Waals surface area contributed by atoms with E-state index >= 15 is 0 Å². The predicted molar refractivity (Wildman–Crippen MR) is 147 cm³/mol. The molecular formula is C28H30N6O5. The largest absolute Gasteiger partial charge is 0.490 e. The number of urea groups is 1. The van der Waals surface area contributed by atoms with Gasteiger partial charge in [-0.1, -0.05) is 20.8 Å². The van der Waals surface area contributed by atoms with Gasteiger partial charge in [0.2, 0.25) is 0 Å². The molecule has 4 N–H and O–H groups in total. The monoisotopic (exact) mass is 530 g/mol. The number of pyridine rings is 1. The third-order valence-electron chi connectivity index (χ3n) is 5.39. The first-order chi connectivity index (χ1) is 18.7. The summed E-state index contributed by atoms with van der Waals surface area (Å²) in [4.78, 5) is 27.5. The Morgan fingerprint density at radius 2 is 1.51 bits per heavy atom. The van der Waals surface area contributed by atoms with Crippen molar-refractivity contribution >= 4 is 23.6 Å². The van der Waals surface area contributed by atoms with Crippen molar-refractivity contribution in [1.29, 1.82) is 0 Å². The number of amides is 3. The van der Waals surface area contributed by atoms with Gasteiger partial charge in [0.25, 0.3) is 0 Å². The average molecular weight is 531 g/mol. The molecular weight excluding hydrogens is 500 g/mol. The zero-order valence-corrected chi connectivity index (χ0v) is 21.9. The molecule has 0 spiro atoms. The van der Waals surface area contributed by atoms with Crippen LogP contribution in [0, 0.1) is 0 Å². The second kappa shape index (κ2) is 12.0. The number of nitrogens with two attached hydrogens (primary N) is 1. The smallest absolute Gasteiger partial charge is 0.404 e. The Bertz CT molecular complexity index is 1400. The first kappa shape index (κ1) is 27.0. The van der Waals surface area contributed by atoms with Crippen molar-refractivity contribution in [2.45, 2.75) is 26.2 Å². The molecule has 3 amide bonds. The van der Waals surface area contributed by atoms with E-state index in [0.717, 1.165) is 11.4 Å². The van der Waals surface area contributed by atoms with Crippen molar-refractivity contribution < 1.29 is 23.8 Å². The first-order valence-electron chi connectivity index (χ1n) is 12.2. The summed E-state index contributed by atoms with van der Waals surface area (Å²) in [6.07, 6.45) is 2.45. The van der Waals surface area contributed by atoms with E-state index < -0.39 is 12.1 Å². The van der Waals surface area contributed by atoms with Gasteiger partial charge in [-0.15, -0.1) is 0 Å². The lowest BCUT2D eigenvalue weighted by Gasteiger charge is -2.14. The van der Waals surface area contributed by atoms with Crippen LogP contribution in [0.3, 0.4) is 0 Å². The maximum absolute atomic E-state index is 12.9. The van der Waals surface area contributed by atoms with Crippen molar-refractivity contribution in [2.24, 2.45) is 5.73 Å². The Kier molecular flexibility index (Phi) is 8.30. The van der Waals surface area contributed by atoms with Gasteiger partial charge in [0.15, 0.2) is 0 Å². The Balaban J connectivity index is 1.43. The van der Waals surface area contributed by atoms with Crippen molar-refractivity contribution in [3.8, 4) is 22.9 Å². The molecule has 202 valence electrons. The molecule has 0 aliphatic carbocycles. The van der Waals surface area contributed by atoms with E-state index in [1.807, 2.05) is 39.0 Å². The Morgan fingerprint density at radius 1 is 0.872 bits per heavy atom. The normalized spacial score (nSPS) is 10.9. The summed E-state index contributed by atoms with van der Waals surface area (Å²) >= 11 is 0. The topological polar surface area (TPSA) is 143 Å². The number of rotatable bonds is 9. The van der Waals surface area contributed by atoms with Gasteiger partial charge in [-0.3, -0.25) is 10.3 Å². The van der Waals surface area contributed by atoms with E-state index in [-0.39, 0.29) is 18.6 Å². The van der Waals surface area contributed by atoms with Crippen LogP contribution < -0.4 is 25.8 Å². The molecule has 4 rings (SSSR count). The molecule has 0 unspecified atom stereocenters. The molecule has 0 atom stereocenters. The van der Waals surface area contributed by atoms with Crippen LogP contribution in [-0.4, -0.2) is 40.1 Å². The molecule has 0 saturated carbocycles. The highest BCUT2D eigenvalue weighted by Gasteiger charge is 2.21. The SMILES string of the molecule is CC(C)(C)c1cc(NC(=O)Nc2ccc(Oc3ccncc3)cc2)n(-c2ccc(OCCOC(N)=O)cc2)n1. The van der Waals surface area contributed by atoms with E-state index in [4.69, 9.17) is 20.3 Å². The van der Waals surface area contributed by atoms with Gasteiger partial charge >= 0.3 is 12.1 Å². The third kappa shape index (κ3) is 7.71. The Labute approximate surface area is 225 Å². The van der Waals surface area contributed by atoms with Crippen molar-refractivity contribution in [2.75, 3.05) is 23.8 Å². The van der Waals surface area contributed by atoms with Crippen LogP contribution in [0.1, 0.15) is 26.5 Å². The highest BCUT2D eigenvalue weighted by Crippen LogP contribution is 2.28. The van der Waals surface area contributed by atoms with Gasteiger partial charge < -0.3 is 25.3 Å². The summed E-state index contributed by atoms with van der Waals surface area (Å²) in [5.41, 5.74) is 6.82. The molecule has 11 nitrogen and oxygen atoms in total. The molecule has 0 aliphatic rings. The standard InChI is InChI=1S/C28H30N6O5/c1-28(2,3)24-18-25(34(33-24)20-6-10-21(11-7-20)37-16-17-38-26(29)35)32-27(36)31-19-4-8-22(9-5-19)39-23-12-14-30-15-13-23/h4-15,18H,16-17H2,1-3H3,(H2,29,35)(H2,31,32,36). The summed E-state index contributed by atoms with van der Waals surface area (Å²) < 4.78 is 17.6. The van der Waals surface area contributed by atoms with Gasteiger partial charge in [-0.05, 0) is 60.7 Å². The molecule has 2 aromatic carbocycles.